The maximum Gasteiger partial charge on any atom is 0.336 e. The van der Waals surface area contributed by atoms with Crippen LogP contribution in [-0.4, -0.2) is 26.2 Å². The third kappa shape index (κ3) is 3.34. The van der Waals surface area contributed by atoms with E-state index >= 15 is 0 Å². The molecule has 0 unspecified atom stereocenters. The van der Waals surface area contributed by atoms with Crippen LogP contribution in [0.4, 0.5) is 0 Å². The Morgan fingerprint density at radius 2 is 1.77 bits per heavy atom. The van der Waals surface area contributed by atoms with Gasteiger partial charge in [-0.3, -0.25) is 0 Å². The molecule has 0 fully saturated rings. The fraction of sp³-hybridized carbons (Fsp3) is 0. The molecule has 0 spiro atoms. The number of benzene rings is 3. The molecule has 0 aliphatic carbocycles. The molecule has 0 aliphatic rings. The van der Waals surface area contributed by atoms with E-state index in [4.69, 9.17) is 4.74 Å². The molecule has 6 heteroatoms. The molecule has 0 saturated carbocycles. The van der Waals surface area contributed by atoms with Crippen molar-refractivity contribution in [1.29, 1.82) is 0 Å². The van der Waals surface area contributed by atoms with Gasteiger partial charge in [0.05, 0.1) is 5.69 Å². The summed E-state index contributed by atoms with van der Waals surface area (Å²) < 4.78 is 6.85. The quantitative estimate of drug-likeness (QED) is 0.323. The highest BCUT2D eigenvalue weighted by molar-refractivity contribution is 5.95. The average Bonchev–Trinajstić information content (AvgIpc) is 3.22. The van der Waals surface area contributed by atoms with Crippen molar-refractivity contribution >= 4 is 22.8 Å². The van der Waals surface area contributed by atoms with Gasteiger partial charge in [0.2, 0.25) is 0 Å². The number of nitrogens with zero attached hydrogens (tertiary/aromatic N) is 4. The van der Waals surface area contributed by atoms with Gasteiger partial charge in [0.15, 0.2) is 0 Å². The molecule has 0 N–H and O–H groups in total. The topological polar surface area (TPSA) is 69.9 Å². The van der Waals surface area contributed by atoms with E-state index in [1.165, 1.54) is 17.1 Å². The normalized spacial score (nSPS) is 11.1. The Balaban J connectivity index is 1.47. The Hall–Kier alpha value is -3.80. The molecule has 0 aliphatic heterocycles. The molecule has 0 bridgehead atoms. The number of rotatable bonds is 4. The lowest BCUT2D eigenvalue weighted by Crippen LogP contribution is -2.04. The van der Waals surface area contributed by atoms with Crippen LogP contribution in [0.2, 0.25) is 0 Å². The fourth-order valence-electron chi connectivity index (χ4n) is 2.65. The molecular weight excluding hydrogens is 328 g/mol. The van der Waals surface area contributed by atoms with Gasteiger partial charge in [-0.15, -0.1) is 5.10 Å². The van der Waals surface area contributed by atoms with Crippen LogP contribution in [0.15, 0.2) is 79.1 Å². The van der Waals surface area contributed by atoms with Gasteiger partial charge >= 0.3 is 5.97 Å². The number of aromatic nitrogens is 4. The standard InChI is InChI=1S/C20H14N4O2/c25-20(13-8-16-6-3-5-15-4-1-2-7-19(15)16)26-18-11-9-17(10-12-18)24-14-21-22-23-24/h1-14H/b13-8+. The van der Waals surface area contributed by atoms with E-state index in [-0.39, 0.29) is 0 Å². The van der Waals surface area contributed by atoms with E-state index in [1.54, 1.807) is 30.3 Å². The molecule has 0 saturated heterocycles. The first-order valence-electron chi connectivity index (χ1n) is 8.01. The summed E-state index contributed by atoms with van der Waals surface area (Å²) in [5, 5.41) is 13.2. The summed E-state index contributed by atoms with van der Waals surface area (Å²) in [6.45, 7) is 0. The summed E-state index contributed by atoms with van der Waals surface area (Å²) in [7, 11) is 0. The summed E-state index contributed by atoms with van der Waals surface area (Å²) in [5.74, 6) is 0.0162. The molecule has 26 heavy (non-hydrogen) atoms. The van der Waals surface area contributed by atoms with Crippen LogP contribution in [0.25, 0.3) is 22.5 Å². The predicted molar refractivity (Wildman–Crippen MR) is 97.8 cm³/mol. The van der Waals surface area contributed by atoms with E-state index in [0.717, 1.165) is 22.0 Å². The molecule has 1 heterocycles. The van der Waals surface area contributed by atoms with Crippen LogP contribution < -0.4 is 4.74 Å². The third-order valence-corrected chi connectivity index (χ3v) is 3.89. The van der Waals surface area contributed by atoms with Crippen molar-refractivity contribution in [2.24, 2.45) is 0 Å². The largest absolute Gasteiger partial charge is 0.423 e. The minimum atomic E-state index is -0.437. The van der Waals surface area contributed by atoms with Gasteiger partial charge in [0.25, 0.3) is 0 Å². The zero-order valence-electron chi connectivity index (χ0n) is 13.7. The zero-order valence-corrected chi connectivity index (χ0v) is 13.7. The van der Waals surface area contributed by atoms with E-state index in [9.17, 15) is 4.79 Å². The van der Waals surface area contributed by atoms with Gasteiger partial charge in [-0.2, -0.15) is 0 Å². The SMILES string of the molecule is O=C(/C=C/c1cccc2ccccc12)Oc1ccc(-n2cnnn2)cc1. The molecule has 0 radical (unpaired) electrons. The molecule has 0 amide bonds. The van der Waals surface area contributed by atoms with Gasteiger partial charge < -0.3 is 4.74 Å². The van der Waals surface area contributed by atoms with Gasteiger partial charge in [-0.05, 0) is 57.1 Å². The first-order valence-corrected chi connectivity index (χ1v) is 8.01. The highest BCUT2D eigenvalue weighted by Gasteiger charge is 2.03. The maximum absolute atomic E-state index is 12.1. The van der Waals surface area contributed by atoms with Gasteiger partial charge in [0.1, 0.15) is 12.1 Å². The fourth-order valence-corrected chi connectivity index (χ4v) is 2.65. The maximum atomic E-state index is 12.1. The van der Waals surface area contributed by atoms with Crippen LogP contribution in [0.5, 0.6) is 5.75 Å². The van der Waals surface area contributed by atoms with E-state index in [0.29, 0.717) is 5.75 Å². The summed E-state index contributed by atoms with van der Waals surface area (Å²) in [4.78, 5) is 12.1. The number of tetrazole rings is 1. The first kappa shape index (κ1) is 15.7. The van der Waals surface area contributed by atoms with Gasteiger partial charge in [-0.1, -0.05) is 42.5 Å². The number of esters is 1. The Morgan fingerprint density at radius 3 is 2.58 bits per heavy atom. The van der Waals surface area contributed by atoms with Crippen molar-refractivity contribution in [2.45, 2.75) is 0 Å². The average molecular weight is 342 g/mol. The number of hydrogen-bond acceptors (Lipinski definition) is 5. The van der Waals surface area contributed by atoms with Crippen molar-refractivity contribution in [3.8, 4) is 11.4 Å². The van der Waals surface area contributed by atoms with E-state index in [1.807, 2.05) is 42.5 Å². The molecule has 3 aromatic carbocycles. The van der Waals surface area contributed by atoms with Gasteiger partial charge in [0, 0.05) is 6.08 Å². The number of carbonyl (C=O) groups excluding carboxylic acids is 1. The molecular formula is C20H14N4O2. The summed E-state index contributed by atoms with van der Waals surface area (Å²) in [6, 6.07) is 20.9. The van der Waals surface area contributed by atoms with Crippen molar-refractivity contribution in [3.63, 3.8) is 0 Å². The second kappa shape index (κ2) is 6.98. The van der Waals surface area contributed by atoms with Crippen molar-refractivity contribution < 1.29 is 9.53 Å². The summed E-state index contributed by atoms with van der Waals surface area (Å²) >= 11 is 0. The van der Waals surface area contributed by atoms with Crippen LogP contribution in [0.3, 0.4) is 0 Å². The minimum Gasteiger partial charge on any atom is -0.423 e. The zero-order chi connectivity index (χ0) is 17.8. The Labute approximate surface area is 149 Å². The Bertz CT molecular complexity index is 1070. The van der Waals surface area contributed by atoms with Crippen LogP contribution in [-0.2, 0) is 4.79 Å². The molecule has 6 nitrogen and oxygen atoms in total. The lowest BCUT2D eigenvalue weighted by Gasteiger charge is -2.04. The highest BCUT2D eigenvalue weighted by atomic mass is 16.5. The van der Waals surface area contributed by atoms with E-state index < -0.39 is 5.97 Å². The smallest absolute Gasteiger partial charge is 0.336 e. The number of fused-ring (bicyclic) bond motifs is 1. The van der Waals surface area contributed by atoms with Gasteiger partial charge in [-0.25, -0.2) is 9.48 Å². The summed E-state index contributed by atoms with van der Waals surface area (Å²) in [6.07, 6.45) is 4.69. The molecule has 4 rings (SSSR count). The number of ether oxygens (including phenoxy) is 1. The van der Waals surface area contributed by atoms with Crippen LogP contribution >= 0.6 is 0 Å². The lowest BCUT2D eigenvalue weighted by atomic mass is 10.0. The lowest BCUT2D eigenvalue weighted by molar-refractivity contribution is -0.128. The summed E-state index contributed by atoms with van der Waals surface area (Å²) in [5.41, 5.74) is 1.75. The van der Waals surface area contributed by atoms with E-state index in [2.05, 4.69) is 15.5 Å². The number of carbonyl (C=O) groups is 1. The first-order chi connectivity index (χ1) is 12.8. The third-order valence-electron chi connectivity index (χ3n) is 3.89. The Morgan fingerprint density at radius 1 is 0.962 bits per heavy atom. The van der Waals surface area contributed by atoms with Crippen LogP contribution in [0, 0.1) is 0 Å². The second-order valence-corrected chi connectivity index (χ2v) is 5.57. The number of hydrogen-bond donors (Lipinski definition) is 0. The van der Waals surface area contributed by atoms with Crippen molar-refractivity contribution in [3.05, 3.63) is 84.7 Å². The molecule has 4 aromatic rings. The van der Waals surface area contributed by atoms with Crippen molar-refractivity contribution in [1.82, 2.24) is 20.2 Å². The second-order valence-electron chi connectivity index (χ2n) is 5.57. The predicted octanol–water partition coefficient (Wildman–Crippen LogP) is 3.43. The monoisotopic (exact) mass is 342 g/mol. The molecule has 0 atom stereocenters. The van der Waals surface area contributed by atoms with Crippen molar-refractivity contribution in [2.75, 3.05) is 0 Å². The molecule has 1 aromatic heterocycles. The highest BCUT2D eigenvalue weighted by Crippen LogP contribution is 2.20. The Kier molecular flexibility index (Phi) is 4.22. The van der Waals surface area contributed by atoms with Crippen LogP contribution in [0.1, 0.15) is 5.56 Å². The molecule has 126 valence electrons. The minimum absolute atomic E-state index is 0.437.